The van der Waals surface area contributed by atoms with Crippen molar-refractivity contribution in [2.45, 2.75) is 25.7 Å². The number of aromatic nitrogens is 3. The van der Waals surface area contributed by atoms with Crippen molar-refractivity contribution in [3.8, 4) is 11.1 Å². The zero-order valence-corrected chi connectivity index (χ0v) is 14.7. The number of fused-ring (bicyclic) bond motifs is 2. The van der Waals surface area contributed by atoms with Crippen LogP contribution in [-0.2, 0) is 0 Å². The molecule has 1 aliphatic carbocycles. The van der Waals surface area contributed by atoms with Gasteiger partial charge in [-0.25, -0.2) is 9.78 Å². The van der Waals surface area contributed by atoms with Crippen molar-refractivity contribution < 1.29 is 9.90 Å². The number of rotatable bonds is 3. The summed E-state index contributed by atoms with van der Waals surface area (Å²) < 4.78 is 1.48. The second-order valence-electron chi connectivity index (χ2n) is 7.11. The highest BCUT2D eigenvalue weighted by Gasteiger charge is 2.29. The molecule has 0 unspecified atom stereocenters. The average molecular weight is 359 g/mol. The van der Waals surface area contributed by atoms with E-state index in [0.717, 1.165) is 51.6 Å². The van der Waals surface area contributed by atoms with Gasteiger partial charge in [-0.1, -0.05) is 0 Å². The van der Waals surface area contributed by atoms with Gasteiger partial charge in [-0.2, -0.15) is 0 Å². The molecule has 5 rings (SSSR count). The molecule has 4 aromatic rings. The zero-order valence-electron chi connectivity index (χ0n) is 14.7. The Kier molecular flexibility index (Phi) is 3.25. The van der Waals surface area contributed by atoms with E-state index in [1.54, 1.807) is 12.3 Å². The molecule has 0 aromatic carbocycles. The minimum absolute atomic E-state index is 0.169. The molecule has 134 valence electrons. The minimum Gasteiger partial charge on any atom is -0.477 e. The first-order valence-corrected chi connectivity index (χ1v) is 8.90. The van der Waals surface area contributed by atoms with Gasteiger partial charge in [0, 0.05) is 29.5 Å². The lowest BCUT2D eigenvalue weighted by atomic mass is 9.97. The van der Waals surface area contributed by atoms with E-state index in [9.17, 15) is 14.7 Å². The average Bonchev–Trinajstić information content (AvgIpc) is 3.39. The Hall–Kier alpha value is -3.41. The van der Waals surface area contributed by atoms with Gasteiger partial charge in [0.15, 0.2) is 0 Å². The number of carboxylic acid groups (broad SMARTS) is 1. The van der Waals surface area contributed by atoms with Gasteiger partial charge >= 0.3 is 5.97 Å². The zero-order chi connectivity index (χ0) is 18.7. The van der Waals surface area contributed by atoms with Crippen LogP contribution >= 0.6 is 0 Å². The maximum absolute atomic E-state index is 12.7. The summed E-state index contributed by atoms with van der Waals surface area (Å²) in [5.74, 6) is -0.863. The number of nitrogens with zero attached hydrogens (tertiary/aromatic N) is 2. The molecule has 0 aliphatic heterocycles. The van der Waals surface area contributed by atoms with Gasteiger partial charge in [0.05, 0.1) is 5.52 Å². The lowest BCUT2D eigenvalue weighted by molar-refractivity contribution is 0.0694. The van der Waals surface area contributed by atoms with E-state index >= 15 is 0 Å². The van der Waals surface area contributed by atoms with Crippen LogP contribution in [0.1, 0.15) is 40.2 Å². The predicted octanol–water partition coefficient (Wildman–Crippen LogP) is 3.73. The topological polar surface area (TPSA) is 87.5 Å². The molecule has 6 heteroatoms. The fraction of sp³-hybridized carbons (Fsp3) is 0.190. The molecule has 0 bridgehead atoms. The molecule has 0 radical (unpaired) electrons. The quantitative estimate of drug-likeness (QED) is 0.583. The summed E-state index contributed by atoms with van der Waals surface area (Å²) in [7, 11) is 0. The summed E-state index contributed by atoms with van der Waals surface area (Å²) in [6, 6.07) is 7.48. The lowest BCUT2D eigenvalue weighted by Crippen LogP contribution is -2.23. The van der Waals surface area contributed by atoms with E-state index in [4.69, 9.17) is 0 Å². The van der Waals surface area contributed by atoms with E-state index < -0.39 is 11.5 Å². The van der Waals surface area contributed by atoms with Gasteiger partial charge in [-0.05, 0) is 66.6 Å². The number of aromatic carboxylic acids is 1. The first kappa shape index (κ1) is 15.8. The number of aromatic amines is 1. The fourth-order valence-corrected chi connectivity index (χ4v) is 3.86. The Morgan fingerprint density at radius 1 is 1.30 bits per heavy atom. The minimum atomic E-state index is -1.18. The predicted molar refractivity (Wildman–Crippen MR) is 102 cm³/mol. The third-order valence-electron chi connectivity index (χ3n) is 5.37. The van der Waals surface area contributed by atoms with Crippen molar-refractivity contribution in [2.75, 3.05) is 0 Å². The second kappa shape index (κ2) is 5.54. The molecule has 4 aromatic heterocycles. The Labute approximate surface area is 154 Å². The first-order chi connectivity index (χ1) is 13.0. The summed E-state index contributed by atoms with van der Waals surface area (Å²) in [4.78, 5) is 31.7. The van der Waals surface area contributed by atoms with E-state index in [1.165, 1.54) is 4.40 Å². The number of pyridine rings is 3. The van der Waals surface area contributed by atoms with Crippen molar-refractivity contribution in [3.05, 3.63) is 69.9 Å². The van der Waals surface area contributed by atoms with Gasteiger partial charge in [-0.15, -0.1) is 0 Å². The van der Waals surface area contributed by atoms with Gasteiger partial charge in [0.2, 0.25) is 0 Å². The molecule has 0 saturated heterocycles. The number of aryl methyl sites for hydroxylation is 1. The van der Waals surface area contributed by atoms with Crippen LogP contribution in [0.4, 0.5) is 0 Å². The standard InChI is InChI=1S/C21H17N3O3/c1-11-15(14-8-13-4-6-22-19(13)23-10-14)5-7-24-18(11)16(12-2-3-12)9-17(20(24)25)21(26)27/h4-10,12H,2-3H2,1H3,(H,22,23)(H,26,27). The van der Waals surface area contributed by atoms with Crippen LogP contribution in [0.2, 0.25) is 0 Å². The van der Waals surface area contributed by atoms with E-state index in [-0.39, 0.29) is 5.56 Å². The molecule has 2 N–H and O–H groups in total. The number of hydrogen-bond donors (Lipinski definition) is 2. The number of H-pyrrole nitrogens is 1. The second-order valence-corrected chi connectivity index (χ2v) is 7.11. The Balaban J connectivity index is 1.82. The van der Waals surface area contributed by atoms with Crippen LogP contribution in [0.15, 0.2) is 47.7 Å². The summed E-state index contributed by atoms with van der Waals surface area (Å²) in [5.41, 5.74) is 4.87. The molecule has 1 saturated carbocycles. The maximum atomic E-state index is 12.7. The van der Waals surface area contributed by atoms with Crippen molar-refractivity contribution in [1.82, 2.24) is 14.4 Å². The SMILES string of the molecule is Cc1c(-c2cnc3[nH]ccc3c2)ccn2c(=O)c(C(=O)O)cc(C3CC3)c12. The van der Waals surface area contributed by atoms with E-state index in [2.05, 4.69) is 16.0 Å². The van der Waals surface area contributed by atoms with Gasteiger partial charge < -0.3 is 10.1 Å². The molecule has 0 amide bonds. The molecule has 6 nitrogen and oxygen atoms in total. The van der Waals surface area contributed by atoms with Crippen LogP contribution in [-0.4, -0.2) is 25.4 Å². The highest BCUT2D eigenvalue weighted by atomic mass is 16.4. The Morgan fingerprint density at radius 3 is 2.85 bits per heavy atom. The summed E-state index contributed by atoms with van der Waals surface area (Å²) in [6.07, 6.45) is 7.39. The molecule has 0 atom stereocenters. The normalized spacial score (nSPS) is 14.1. The van der Waals surface area contributed by atoms with Gasteiger partial charge in [-0.3, -0.25) is 9.20 Å². The molecular weight excluding hydrogens is 342 g/mol. The third-order valence-corrected chi connectivity index (χ3v) is 5.37. The Morgan fingerprint density at radius 2 is 2.11 bits per heavy atom. The molecule has 1 aliphatic rings. The van der Waals surface area contributed by atoms with Crippen molar-refractivity contribution in [1.29, 1.82) is 0 Å². The van der Waals surface area contributed by atoms with Crippen molar-refractivity contribution >= 4 is 22.5 Å². The highest BCUT2D eigenvalue weighted by Crippen LogP contribution is 2.43. The largest absolute Gasteiger partial charge is 0.477 e. The van der Waals surface area contributed by atoms with Crippen molar-refractivity contribution in [2.24, 2.45) is 0 Å². The van der Waals surface area contributed by atoms with Crippen LogP contribution in [0, 0.1) is 6.92 Å². The van der Waals surface area contributed by atoms with Crippen molar-refractivity contribution in [3.63, 3.8) is 0 Å². The fourth-order valence-electron chi connectivity index (χ4n) is 3.86. The van der Waals surface area contributed by atoms with Crippen LogP contribution in [0.5, 0.6) is 0 Å². The first-order valence-electron chi connectivity index (χ1n) is 8.90. The summed E-state index contributed by atoms with van der Waals surface area (Å²) in [5, 5.41) is 10.4. The Bertz CT molecular complexity index is 1300. The molecule has 1 fully saturated rings. The highest BCUT2D eigenvalue weighted by molar-refractivity contribution is 5.90. The molecular formula is C21H17N3O3. The van der Waals surface area contributed by atoms with Crippen LogP contribution < -0.4 is 5.56 Å². The number of nitrogens with one attached hydrogen (secondary N) is 1. The van der Waals surface area contributed by atoms with Gasteiger partial charge in [0.25, 0.3) is 5.56 Å². The third kappa shape index (κ3) is 2.37. The van der Waals surface area contributed by atoms with Gasteiger partial charge in [0.1, 0.15) is 11.2 Å². The molecule has 0 spiro atoms. The summed E-state index contributed by atoms with van der Waals surface area (Å²) >= 11 is 0. The molecule has 4 heterocycles. The lowest BCUT2D eigenvalue weighted by Gasteiger charge is -2.15. The number of carbonyl (C=O) groups is 1. The maximum Gasteiger partial charge on any atom is 0.341 e. The van der Waals surface area contributed by atoms with Crippen LogP contribution in [0.3, 0.4) is 0 Å². The smallest absolute Gasteiger partial charge is 0.341 e. The number of hydrogen-bond acceptors (Lipinski definition) is 3. The monoisotopic (exact) mass is 359 g/mol. The van der Waals surface area contributed by atoms with E-state index in [0.29, 0.717) is 5.92 Å². The number of carboxylic acids is 1. The van der Waals surface area contributed by atoms with Crippen LogP contribution in [0.25, 0.3) is 27.7 Å². The summed E-state index contributed by atoms with van der Waals surface area (Å²) in [6.45, 7) is 1.98. The molecule has 27 heavy (non-hydrogen) atoms. The van der Waals surface area contributed by atoms with E-state index in [1.807, 2.05) is 31.5 Å².